The van der Waals surface area contributed by atoms with Crippen molar-refractivity contribution in [2.75, 3.05) is 26.2 Å². The van der Waals surface area contributed by atoms with Gasteiger partial charge in [0, 0.05) is 29.6 Å². The topological polar surface area (TPSA) is 53.0 Å². The first kappa shape index (κ1) is 20.8. The number of aliphatic hydroxyl groups is 1. The Morgan fingerprint density at radius 3 is 2.68 bits per heavy atom. The van der Waals surface area contributed by atoms with Crippen molar-refractivity contribution in [3.63, 3.8) is 0 Å². The predicted molar refractivity (Wildman–Crippen MR) is 120 cm³/mol. The molecule has 0 spiro atoms. The number of carbonyl (C=O) groups is 1. The Morgan fingerprint density at radius 2 is 1.90 bits per heavy atom. The van der Waals surface area contributed by atoms with Crippen molar-refractivity contribution < 1.29 is 14.6 Å². The van der Waals surface area contributed by atoms with Gasteiger partial charge in [0.25, 0.3) is 0 Å². The molecule has 2 fully saturated rings. The summed E-state index contributed by atoms with van der Waals surface area (Å²) < 4.78 is 5.78. The Morgan fingerprint density at radius 1 is 1.13 bits per heavy atom. The average molecular weight is 441 g/mol. The van der Waals surface area contributed by atoms with Gasteiger partial charge in [-0.2, -0.15) is 0 Å². The maximum absolute atomic E-state index is 13.1. The number of hydrogen-bond acceptors (Lipinski definition) is 4. The van der Waals surface area contributed by atoms with Gasteiger partial charge in [-0.05, 0) is 62.0 Å². The number of ether oxygens (including phenoxy) is 1. The lowest BCUT2D eigenvalue weighted by Gasteiger charge is -2.44. The first-order valence-corrected chi connectivity index (χ1v) is 11.6. The van der Waals surface area contributed by atoms with Gasteiger partial charge in [0.05, 0.1) is 12.1 Å². The summed E-state index contributed by atoms with van der Waals surface area (Å²) in [7, 11) is 0. The zero-order valence-electron chi connectivity index (χ0n) is 17.7. The maximum Gasteiger partial charge on any atom is 0.226 e. The second-order valence-electron chi connectivity index (χ2n) is 9.14. The molecule has 3 aliphatic rings. The van der Waals surface area contributed by atoms with Gasteiger partial charge in [-0.3, -0.25) is 9.69 Å². The molecule has 1 N–H and O–H groups in total. The Labute approximate surface area is 188 Å². The van der Waals surface area contributed by atoms with Crippen molar-refractivity contribution in [2.45, 2.75) is 44.4 Å². The van der Waals surface area contributed by atoms with Crippen LogP contribution in [0.4, 0.5) is 0 Å². The zero-order valence-corrected chi connectivity index (χ0v) is 18.5. The van der Waals surface area contributed by atoms with E-state index in [1.165, 1.54) is 12.8 Å². The Kier molecular flexibility index (Phi) is 5.67. The minimum atomic E-state index is -0.976. The molecule has 164 valence electrons. The summed E-state index contributed by atoms with van der Waals surface area (Å²) in [6.45, 7) is 4.72. The van der Waals surface area contributed by atoms with E-state index in [4.69, 9.17) is 16.3 Å². The number of benzene rings is 2. The first-order chi connectivity index (χ1) is 15.0. The zero-order chi connectivity index (χ0) is 21.4. The van der Waals surface area contributed by atoms with Crippen LogP contribution in [0.3, 0.4) is 0 Å². The number of carbonyl (C=O) groups excluding carboxylic acids is 1. The monoisotopic (exact) mass is 440 g/mol. The number of rotatable bonds is 4. The van der Waals surface area contributed by atoms with Crippen LogP contribution in [-0.4, -0.2) is 47.1 Å². The maximum atomic E-state index is 13.1. The van der Waals surface area contributed by atoms with Gasteiger partial charge >= 0.3 is 0 Å². The molecule has 2 aliphatic heterocycles. The highest BCUT2D eigenvalue weighted by Gasteiger charge is 2.48. The molecule has 31 heavy (non-hydrogen) atoms. The first-order valence-electron chi connectivity index (χ1n) is 11.2. The molecule has 1 aliphatic carbocycles. The molecule has 0 radical (unpaired) electrons. The smallest absolute Gasteiger partial charge is 0.226 e. The van der Waals surface area contributed by atoms with E-state index in [0.717, 1.165) is 42.1 Å². The third kappa shape index (κ3) is 4.19. The Hall–Kier alpha value is -2.08. The number of fused-ring (bicyclic) bond motifs is 1. The highest BCUT2D eigenvalue weighted by molar-refractivity contribution is 6.31. The van der Waals surface area contributed by atoms with E-state index in [1.54, 1.807) is 0 Å². The SMILES string of the molecule is O=C(C1CC(O)(c2ccc(CN3CCCC3)c(Cl)c2)C1)N1CCOc2ccccc2C1. The molecule has 0 unspecified atom stereocenters. The molecule has 1 saturated carbocycles. The Balaban J connectivity index is 1.23. The summed E-state index contributed by atoms with van der Waals surface area (Å²) in [6, 6.07) is 13.8. The number of likely N-dealkylation sites (tertiary alicyclic amines) is 1. The van der Waals surface area contributed by atoms with Crippen LogP contribution in [0.1, 0.15) is 42.4 Å². The lowest BCUT2D eigenvalue weighted by molar-refractivity contribution is -0.154. The van der Waals surface area contributed by atoms with Gasteiger partial charge in [-0.15, -0.1) is 0 Å². The summed E-state index contributed by atoms with van der Waals surface area (Å²) in [5.74, 6) is 0.784. The van der Waals surface area contributed by atoms with Crippen molar-refractivity contribution in [2.24, 2.45) is 5.92 Å². The van der Waals surface area contributed by atoms with E-state index in [-0.39, 0.29) is 11.8 Å². The molecule has 0 atom stereocenters. The van der Waals surface area contributed by atoms with Crippen LogP contribution in [0, 0.1) is 5.92 Å². The molecule has 2 heterocycles. The van der Waals surface area contributed by atoms with Gasteiger partial charge in [-0.25, -0.2) is 0 Å². The lowest BCUT2D eigenvalue weighted by atomic mass is 9.66. The fraction of sp³-hybridized carbons (Fsp3) is 0.480. The number of hydrogen-bond donors (Lipinski definition) is 1. The molecule has 1 amide bonds. The number of amides is 1. The molecule has 0 aromatic heterocycles. The van der Waals surface area contributed by atoms with E-state index in [2.05, 4.69) is 4.90 Å². The summed E-state index contributed by atoms with van der Waals surface area (Å²) in [4.78, 5) is 17.4. The van der Waals surface area contributed by atoms with E-state index in [0.29, 0.717) is 37.6 Å². The van der Waals surface area contributed by atoms with Crippen LogP contribution >= 0.6 is 11.6 Å². The van der Waals surface area contributed by atoms with Gasteiger partial charge < -0.3 is 14.7 Å². The van der Waals surface area contributed by atoms with Gasteiger partial charge in [0.15, 0.2) is 0 Å². The highest BCUT2D eigenvalue weighted by atomic mass is 35.5. The second kappa shape index (κ2) is 8.45. The number of halogens is 1. The van der Waals surface area contributed by atoms with Crippen molar-refractivity contribution in [1.82, 2.24) is 9.80 Å². The highest BCUT2D eigenvalue weighted by Crippen LogP contribution is 2.47. The van der Waals surface area contributed by atoms with Crippen molar-refractivity contribution in [3.05, 3.63) is 64.2 Å². The fourth-order valence-electron chi connectivity index (χ4n) is 5.08. The molecule has 5 rings (SSSR count). The predicted octanol–water partition coefficient (Wildman–Crippen LogP) is 3.95. The van der Waals surface area contributed by atoms with Crippen LogP contribution < -0.4 is 4.74 Å². The van der Waals surface area contributed by atoms with Crippen molar-refractivity contribution in [1.29, 1.82) is 0 Å². The van der Waals surface area contributed by atoms with Crippen molar-refractivity contribution >= 4 is 17.5 Å². The summed E-state index contributed by atoms with van der Waals surface area (Å²) >= 11 is 6.55. The van der Waals surface area contributed by atoms with Crippen LogP contribution in [-0.2, 0) is 23.5 Å². The summed E-state index contributed by atoms with van der Waals surface area (Å²) in [6.07, 6.45) is 3.37. The average Bonchev–Trinajstić information content (AvgIpc) is 3.16. The van der Waals surface area contributed by atoms with E-state index in [9.17, 15) is 9.90 Å². The molecule has 5 nitrogen and oxygen atoms in total. The second-order valence-corrected chi connectivity index (χ2v) is 9.55. The van der Waals surface area contributed by atoms with Gasteiger partial charge in [0.1, 0.15) is 12.4 Å². The minimum absolute atomic E-state index is 0.0988. The molecule has 0 bridgehead atoms. The Bertz CT molecular complexity index is 967. The van der Waals surface area contributed by atoms with Crippen LogP contribution in [0.5, 0.6) is 5.75 Å². The normalized spacial score (nSPS) is 26.0. The standard InChI is InChI=1S/C25H29ClN2O3/c26-22-13-21(8-7-18(22)16-27-9-3-4-10-27)25(30)14-20(15-25)24(29)28-11-12-31-23-6-2-1-5-19(23)17-28/h1-2,5-8,13,20,30H,3-4,9-12,14-17H2. The van der Waals surface area contributed by atoms with E-state index in [1.807, 2.05) is 47.4 Å². The van der Waals surface area contributed by atoms with Crippen LogP contribution in [0.25, 0.3) is 0 Å². The molecule has 1 saturated heterocycles. The van der Waals surface area contributed by atoms with E-state index < -0.39 is 5.60 Å². The minimum Gasteiger partial charge on any atom is -0.491 e. The molecule has 6 heteroatoms. The van der Waals surface area contributed by atoms with E-state index >= 15 is 0 Å². The summed E-state index contributed by atoms with van der Waals surface area (Å²) in [5.41, 5.74) is 1.97. The molecule has 2 aromatic rings. The third-order valence-electron chi connectivity index (χ3n) is 6.96. The summed E-state index contributed by atoms with van der Waals surface area (Å²) in [5, 5.41) is 11.9. The van der Waals surface area contributed by atoms with Crippen molar-refractivity contribution in [3.8, 4) is 5.75 Å². The molecular formula is C25H29ClN2O3. The van der Waals surface area contributed by atoms with Crippen LogP contribution in [0.2, 0.25) is 5.02 Å². The number of para-hydroxylation sites is 1. The fourth-order valence-corrected chi connectivity index (χ4v) is 5.32. The third-order valence-corrected chi connectivity index (χ3v) is 7.32. The quantitative estimate of drug-likeness (QED) is 0.782. The van der Waals surface area contributed by atoms with Crippen LogP contribution in [0.15, 0.2) is 42.5 Å². The molecular weight excluding hydrogens is 412 g/mol. The lowest BCUT2D eigenvalue weighted by Crippen LogP contribution is -2.49. The molecule has 2 aromatic carbocycles. The van der Waals surface area contributed by atoms with Gasteiger partial charge in [-0.1, -0.05) is 41.9 Å². The van der Waals surface area contributed by atoms with Gasteiger partial charge in [0.2, 0.25) is 5.91 Å². The number of nitrogens with zero attached hydrogens (tertiary/aromatic N) is 2. The largest absolute Gasteiger partial charge is 0.491 e.